The van der Waals surface area contributed by atoms with Crippen molar-refractivity contribution in [2.45, 2.75) is 33.2 Å². The van der Waals surface area contributed by atoms with E-state index in [0.29, 0.717) is 24.0 Å². The van der Waals surface area contributed by atoms with Gasteiger partial charge in [-0.25, -0.2) is 13.9 Å². The number of nitrogens with zero attached hydrogens (tertiary/aromatic N) is 5. The summed E-state index contributed by atoms with van der Waals surface area (Å²) < 4.78 is 7.88. The summed E-state index contributed by atoms with van der Waals surface area (Å²) in [5.74, 6) is 2.12. The molecule has 1 atom stereocenters. The third kappa shape index (κ3) is 4.29. The van der Waals surface area contributed by atoms with Crippen LogP contribution in [0.3, 0.4) is 0 Å². The molecule has 4 rings (SSSR count). The number of rotatable bonds is 6. The van der Waals surface area contributed by atoms with Crippen molar-refractivity contribution in [2.75, 3.05) is 29.9 Å². The molecule has 0 spiro atoms. The SMILES string of the molecule is CCOc1ccc(NC(=O)Cn2nc3nc(N4CCC[C@@H](C)C4)ccn3c2=O)cc1. The molecule has 0 unspecified atom stereocenters. The average Bonchev–Trinajstić information content (AvgIpc) is 3.04. The number of anilines is 2. The van der Waals surface area contributed by atoms with Crippen LogP contribution in [0.1, 0.15) is 26.7 Å². The van der Waals surface area contributed by atoms with Gasteiger partial charge in [-0.1, -0.05) is 6.92 Å². The van der Waals surface area contributed by atoms with Crippen LogP contribution in [0.5, 0.6) is 5.75 Å². The molecule has 0 saturated carbocycles. The Hall–Kier alpha value is -3.36. The summed E-state index contributed by atoms with van der Waals surface area (Å²) in [5, 5.41) is 7.02. The Balaban J connectivity index is 1.47. The number of carbonyl (C=O) groups is 1. The molecule has 1 fully saturated rings. The minimum absolute atomic E-state index is 0.189. The van der Waals surface area contributed by atoms with Gasteiger partial charge >= 0.3 is 5.69 Å². The summed E-state index contributed by atoms with van der Waals surface area (Å²) in [4.78, 5) is 31.7. The summed E-state index contributed by atoms with van der Waals surface area (Å²) >= 11 is 0. The zero-order chi connectivity index (χ0) is 21.1. The van der Waals surface area contributed by atoms with Gasteiger partial charge in [0.25, 0.3) is 5.78 Å². The number of carbonyl (C=O) groups excluding carboxylic acids is 1. The van der Waals surface area contributed by atoms with Gasteiger partial charge in [0.2, 0.25) is 5.91 Å². The maximum Gasteiger partial charge on any atom is 0.352 e. The molecule has 1 saturated heterocycles. The average molecular weight is 410 g/mol. The predicted octanol–water partition coefficient (Wildman–Crippen LogP) is 2.16. The van der Waals surface area contributed by atoms with Crippen molar-refractivity contribution in [3.63, 3.8) is 0 Å². The largest absolute Gasteiger partial charge is 0.494 e. The molecule has 1 aliphatic heterocycles. The number of fused-ring (bicyclic) bond motifs is 1. The lowest BCUT2D eigenvalue weighted by Crippen LogP contribution is -2.34. The van der Waals surface area contributed by atoms with Crippen molar-refractivity contribution < 1.29 is 9.53 Å². The third-order valence-corrected chi connectivity index (χ3v) is 5.16. The summed E-state index contributed by atoms with van der Waals surface area (Å²) in [6.07, 6.45) is 4.02. The van der Waals surface area contributed by atoms with Crippen molar-refractivity contribution in [3.05, 3.63) is 47.0 Å². The molecular weight excluding hydrogens is 384 g/mol. The van der Waals surface area contributed by atoms with Crippen LogP contribution in [0.25, 0.3) is 5.78 Å². The lowest BCUT2D eigenvalue weighted by atomic mass is 10.0. The van der Waals surface area contributed by atoms with Crippen LogP contribution in [0.15, 0.2) is 41.3 Å². The second-order valence-electron chi connectivity index (χ2n) is 7.59. The zero-order valence-electron chi connectivity index (χ0n) is 17.2. The summed E-state index contributed by atoms with van der Waals surface area (Å²) in [5.41, 5.74) is 0.234. The van der Waals surface area contributed by atoms with Crippen molar-refractivity contribution in [1.29, 1.82) is 0 Å². The van der Waals surface area contributed by atoms with Gasteiger partial charge in [0.15, 0.2) is 0 Å². The van der Waals surface area contributed by atoms with E-state index >= 15 is 0 Å². The van der Waals surface area contributed by atoms with Gasteiger partial charge in [-0.05, 0) is 56.0 Å². The van der Waals surface area contributed by atoms with E-state index in [1.807, 2.05) is 13.0 Å². The quantitative estimate of drug-likeness (QED) is 0.669. The number of piperidine rings is 1. The van der Waals surface area contributed by atoms with Gasteiger partial charge < -0.3 is 15.0 Å². The first kappa shape index (κ1) is 19.9. The van der Waals surface area contributed by atoms with Gasteiger partial charge in [0.1, 0.15) is 18.1 Å². The van der Waals surface area contributed by atoms with Crippen LogP contribution in [0, 0.1) is 5.92 Å². The van der Waals surface area contributed by atoms with E-state index in [1.165, 1.54) is 10.8 Å². The normalized spacial score (nSPS) is 16.6. The maximum absolute atomic E-state index is 12.6. The fourth-order valence-corrected chi connectivity index (χ4v) is 3.71. The number of benzene rings is 1. The van der Waals surface area contributed by atoms with Crippen molar-refractivity contribution in [2.24, 2.45) is 5.92 Å². The molecule has 0 aliphatic carbocycles. The van der Waals surface area contributed by atoms with E-state index in [1.54, 1.807) is 30.5 Å². The molecule has 0 radical (unpaired) electrons. The second kappa shape index (κ2) is 8.56. The molecule has 1 aromatic carbocycles. The molecule has 30 heavy (non-hydrogen) atoms. The van der Waals surface area contributed by atoms with Crippen molar-refractivity contribution in [3.8, 4) is 5.75 Å². The first-order chi connectivity index (χ1) is 14.5. The predicted molar refractivity (Wildman–Crippen MR) is 114 cm³/mol. The highest BCUT2D eigenvalue weighted by molar-refractivity contribution is 5.90. The molecule has 158 valence electrons. The lowest BCUT2D eigenvalue weighted by Gasteiger charge is -2.31. The number of aromatic nitrogens is 4. The van der Waals surface area contributed by atoms with E-state index in [2.05, 4.69) is 27.2 Å². The Morgan fingerprint density at radius 3 is 2.80 bits per heavy atom. The number of nitrogens with one attached hydrogen (secondary N) is 1. The molecular formula is C21H26N6O3. The smallest absolute Gasteiger partial charge is 0.352 e. The van der Waals surface area contributed by atoms with Crippen LogP contribution in [-0.2, 0) is 11.3 Å². The Kier molecular flexibility index (Phi) is 5.69. The van der Waals surface area contributed by atoms with E-state index < -0.39 is 5.69 Å². The van der Waals surface area contributed by atoms with Crippen LogP contribution in [0.4, 0.5) is 11.5 Å². The first-order valence-electron chi connectivity index (χ1n) is 10.3. The lowest BCUT2D eigenvalue weighted by molar-refractivity contribution is -0.117. The molecule has 0 bridgehead atoms. The van der Waals surface area contributed by atoms with Gasteiger partial charge in [-0.2, -0.15) is 4.98 Å². The standard InChI is InChI=1S/C21H26N6O3/c1-3-30-17-8-6-16(7-9-17)22-19(28)14-27-21(29)26-12-10-18(23-20(26)24-27)25-11-4-5-15(2)13-25/h6-10,12,15H,3-5,11,13-14H2,1-2H3,(H,22,28)/t15-/m1/s1. The Bertz CT molecular complexity index is 1090. The second-order valence-corrected chi connectivity index (χ2v) is 7.59. The molecule has 1 amide bonds. The molecule has 9 heteroatoms. The summed E-state index contributed by atoms with van der Waals surface area (Å²) in [6.45, 7) is 6.42. The van der Waals surface area contributed by atoms with Crippen LogP contribution < -0.4 is 20.6 Å². The Morgan fingerprint density at radius 1 is 1.27 bits per heavy atom. The van der Waals surface area contributed by atoms with Gasteiger partial charge in [0, 0.05) is 25.0 Å². The zero-order valence-corrected chi connectivity index (χ0v) is 17.2. The van der Waals surface area contributed by atoms with Crippen molar-refractivity contribution in [1.82, 2.24) is 19.2 Å². The van der Waals surface area contributed by atoms with E-state index in [4.69, 9.17) is 4.74 Å². The third-order valence-electron chi connectivity index (χ3n) is 5.16. The van der Waals surface area contributed by atoms with Crippen molar-refractivity contribution >= 4 is 23.2 Å². The summed E-state index contributed by atoms with van der Waals surface area (Å²) in [7, 11) is 0. The number of hydrogen-bond acceptors (Lipinski definition) is 6. The molecule has 9 nitrogen and oxygen atoms in total. The minimum Gasteiger partial charge on any atom is -0.494 e. The summed E-state index contributed by atoms with van der Waals surface area (Å²) in [6, 6.07) is 8.90. The molecule has 1 aliphatic rings. The van der Waals surface area contributed by atoms with Gasteiger partial charge in [-0.3, -0.25) is 4.79 Å². The minimum atomic E-state index is -0.391. The highest BCUT2D eigenvalue weighted by Crippen LogP contribution is 2.21. The maximum atomic E-state index is 12.6. The fraction of sp³-hybridized carbons (Fsp3) is 0.429. The van der Waals surface area contributed by atoms with E-state index in [9.17, 15) is 9.59 Å². The fourth-order valence-electron chi connectivity index (χ4n) is 3.71. The highest BCUT2D eigenvalue weighted by atomic mass is 16.5. The van der Waals surface area contributed by atoms with E-state index in [0.717, 1.165) is 35.8 Å². The molecule has 1 N–H and O–H groups in total. The Morgan fingerprint density at radius 2 is 2.07 bits per heavy atom. The van der Waals surface area contributed by atoms with Crippen LogP contribution in [0.2, 0.25) is 0 Å². The van der Waals surface area contributed by atoms with Gasteiger partial charge in [-0.15, -0.1) is 5.10 Å². The van der Waals surface area contributed by atoms with Crippen LogP contribution >= 0.6 is 0 Å². The van der Waals surface area contributed by atoms with E-state index in [-0.39, 0.29) is 12.5 Å². The first-order valence-corrected chi connectivity index (χ1v) is 10.3. The number of amides is 1. The van der Waals surface area contributed by atoms with Gasteiger partial charge in [0.05, 0.1) is 6.61 Å². The van der Waals surface area contributed by atoms with Crippen LogP contribution in [-0.4, -0.2) is 44.8 Å². The molecule has 3 aromatic rings. The molecule has 2 aromatic heterocycles. The highest BCUT2D eigenvalue weighted by Gasteiger charge is 2.19. The monoisotopic (exact) mass is 410 g/mol. The molecule has 3 heterocycles. The number of ether oxygens (including phenoxy) is 1. The topological polar surface area (TPSA) is 93.8 Å². The number of hydrogen-bond donors (Lipinski definition) is 1. The Labute approximate surface area is 174 Å².